The molecule has 1 aliphatic rings. The Bertz CT molecular complexity index is 717. The molecule has 1 unspecified atom stereocenters. The molecule has 3 aromatic rings. The number of para-hydroxylation sites is 1. The fourth-order valence-corrected chi connectivity index (χ4v) is 4.03. The quantitative estimate of drug-likeness (QED) is 0.623. The molecule has 4 rings (SSSR count). The third-order valence-electron chi connectivity index (χ3n) is 4.32. The Kier molecular flexibility index (Phi) is 3.92. The van der Waals surface area contributed by atoms with Gasteiger partial charge in [0.1, 0.15) is 0 Å². The number of hydrogen-bond acceptors (Lipinski definition) is 3. The van der Waals surface area contributed by atoms with Gasteiger partial charge in [-0.05, 0) is 37.0 Å². The van der Waals surface area contributed by atoms with Crippen molar-refractivity contribution < 1.29 is 0 Å². The lowest BCUT2D eigenvalue weighted by molar-refractivity contribution is 0.480. The molecule has 3 heteroatoms. The van der Waals surface area contributed by atoms with Crippen molar-refractivity contribution in [1.29, 1.82) is 0 Å². The molecule has 1 aliphatic heterocycles. The molecular formula is C19H20N2S. The summed E-state index contributed by atoms with van der Waals surface area (Å²) in [6.07, 6.45) is 3.66. The van der Waals surface area contributed by atoms with Gasteiger partial charge in [0.05, 0.1) is 15.2 Å². The van der Waals surface area contributed by atoms with Crippen molar-refractivity contribution in [2.45, 2.75) is 31.8 Å². The van der Waals surface area contributed by atoms with E-state index in [1.54, 1.807) is 0 Å². The molecule has 1 aromatic heterocycles. The highest BCUT2D eigenvalue weighted by atomic mass is 32.1. The fourth-order valence-electron chi connectivity index (χ4n) is 3.02. The van der Waals surface area contributed by atoms with Crippen molar-refractivity contribution in [2.75, 3.05) is 6.54 Å². The summed E-state index contributed by atoms with van der Waals surface area (Å²) >= 11 is 1.85. The van der Waals surface area contributed by atoms with Gasteiger partial charge in [0.15, 0.2) is 0 Å². The lowest BCUT2D eigenvalue weighted by Crippen LogP contribution is -2.02. The minimum atomic E-state index is 0.787. The van der Waals surface area contributed by atoms with Crippen molar-refractivity contribution in [3.8, 4) is 0 Å². The number of aromatic nitrogens is 1. The van der Waals surface area contributed by atoms with Crippen molar-refractivity contribution in [3.05, 3.63) is 65.2 Å². The van der Waals surface area contributed by atoms with E-state index in [-0.39, 0.29) is 0 Å². The highest BCUT2D eigenvalue weighted by molar-refractivity contribution is 7.18. The highest BCUT2D eigenvalue weighted by Gasteiger charge is 2.32. The van der Waals surface area contributed by atoms with E-state index in [4.69, 9.17) is 4.98 Å². The van der Waals surface area contributed by atoms with Crippen LogP contribution in [0.5, 0.6) is 0 Å². The lowest BCUT2D eigenvalue weighted by atomic mass is 10.2. The predicted molar refractivity (Wildman–Crippen MR) is 93.2 cm³/mol. The summed E-state index contributed by atoms with van der Waals surface area (Å²) in [5, 5.41) is 1.29. The maximum Gasteiger partial charge on any atom is 0.0938 e. The Balaban J connectivity index is 1.24. The van der Waals surface area contributed by atoms with Gasteiger partial charge >= 0.3 is 0 Å². The van der Waals surface area contributed by atoms with Gasteiger partial charge in [0, 0.05) is 19.1 Å². The zero-order chi connectivity index (χ0) is 14.8. The van der Waals surface area contributed by atoms with Gasteiger partial charge in [-0.15, -0.1) is 11.3 Å². The predicted octanol–water partition coefficient (Wildman–Crippen LogP) is 4.50. The van der Waals surface area contributed by atoms with Crippen LogP contribution in [0.3, 0.4) is 0 Å². The Morgan fingerprint density at radius 1 is 1.05 bits per heavy atom. The monoisotopic (exact) mass is 308 g/mol. The first-order chi connectivity index (χ1) is 10.9. The van der Waals surface area contributed by atoms with Crippen LogP contribution >= 0.6 is 11.3 Å². The Hall–Kier alpha value is -1.71. The van der Waals surface area contributed by atoms with Crippen LogP contribution in [-0.4, -0.2) is 22.5 Å². The summed E-state index contributed by atoms with van der Waals surface area (Å²) in [6.45, 7) is 2.36. The Morgan fingerprint density at radius 2 is 1.86 bits per heavy atom. The van der Waals surface area contributed by atoms with E-state index in [0.717, 1.165) is 24.5 Å². The molecule has 1 saturated heterocycles. The third-order valence-corrected chi connectivity index (χ3v) is 5.42. The summed E-state index contributed by atoms with van der Waals surface area (Å²) in [5.41, 5.74) is 2.58. The minimum Gasteiger partial charge on any atom is -0.293 e. The summed E-state index contributed by atoms with van der Waals surface area (Å²) < 4.78 is 1.31. The Morgan fingerprint density at radius 3 is 2.73 bits per heavy atom. The number of nitrogens with zero attached hydrogens (tertiary/aromatic N) is 2. The molecule has 112 valence electrons. The van der Waals surface area contributed by atoms with Crippen LogP contribution in [-0.2, 0) is 13.0 Å². The van der Waals surface area contributed by atoms with Gasteiger partial charge in [-0.2, -0.15) is 0 Å². The molecule has 22 heavy (non-hydrogen) atoms. The van der Waals surface area contributed by atoms with Crippen LogP contribution in [0.1, 0.15) is 23.4 Å². The second kappa shape index (κ2) is 6.19. The van der Waals surface area contributed by atoms with Crippen LogP contribution in [0.15, 0.2) is 54.6 Å². The van der Waals surface area contributed by atoms with Crippen molar-refractivity contribution in [1.82, 2.24) is 9.88 Å². The van der Waals surface area contributed by atoms with Crippen molar-refractivity contribution in [3.63, 3.8) is 0 Å². The summed E-state index contributed by atoms with van der Waals surface area (Å²) in [6, 6.07) is 20.0. The van der Waals surface area contributed by atoms with Crippen LogP contribution in [0, 0.1) is 0 Å². The average Bonchev–Trinajstić information content (AvgIpc) is 3.14. The lowest BCUT2D eigenvalue weighted by Gasteiger charge is -2.03. The normalized spacial score (nSPS) is 20.4. The topological polar surface area (TPSA) is 15.9 Å². The highest BCUT2D eigenvalue weighted by Crippen LogP contribution is 2.27. The molecule has 0 N–H and O–H groups in total. The largest absolute Gasteiger partial charge is 0.293 e. The van der Waals surface area contributed by atoms with Crippen LogP contribution in [0.4, 0.5) is 0 Å². The number of thiazole rings is 1. The van der Waals surface area contributed by atoms with Gasteiger partial charge in [-0.1, -0.05) is 42.5 Å². The van der Waals surface area contributed by atoms with E-state index in [2.05, 4.69) is 59.5 Å². The minimum absolute atomic E-state index is 0.787. The van der Waals surface area contributed by atoms with Gasteiger partial charge in [0.25, 0.3) is 0 Å². The van der Waals surface area contributed by atoms with E-state index in [1.165, 1.54) is 34.7 Å². The molecule has 0 saturated carbocycles. The van der Waals surface area contributed by atoms with E-state index >= 15 is 0 Å². The van der Waals surface area contributed by atoms with E-state index in [0.29, 0.717) is 0 Å². The molecular weight excluding hydrogens is 288 g/mol. The first-order valence-electron chi connectivity index (χ1n) is 8.01. The molecule has 0 aliphatic carbocycles. The van der Waals surface area contributed by atoms with Gasteiger partial charge in [-0.3, -0.25) is 4.90 Å². The molecule has 2 atom stereocenters. The SMILES string of the molecule is c1ccc(CN2C[C@H]2CCCc2nc3ccccc3s2)cc1. The molecule has 2 aromatic carbocycles. The van der Waals surface area contributed by atoms with Gasteiger partial charge in [0.2, 0.25) is 0 Å². The van der Waals surface area contributed by atoms with Crippen LogP contribution < -0.4 is 0 Å². The van der Waals surface area contributed by atoms with Crippen molar-refractivity contribution in [2.24, 2.45) is 0 Å². The van der Waals surface area contributed by atoms with E-state index in [9.17, 15) is 0 Å². The molecule has 0 bridgehead atoms. The Labute approximate surface area is 135 Å². The third kappa shape index (κ3) is 3.21. The number of benzene rings is 2. The molecule has 1 fully saturated rings. The van der Waals surface area contributed by atoms with E-state index < -0.39 is 0 Å². The number of rotatable bonds is 6. The maximum absolute atomic E-state index is 4.72. The zero-order valence-electron chi connectivity index (χ0n) is 12.6. The van der Waals surface area contributed by atoms with Crippen LogP contribution in [0.25, 0.3) is 10.2 Å². The molecule has 2 nitrogen and oxygen atoms in total. The molecule has 2 heterocycles. The first-order valence-corrected chi connectivity index (χ1v) is 8.82. The standard InChI is InChI=1S/C19H20N2S/c1-2-7-15(8-3-1)13-21-14-16(21)9-6-12-19-20-17-10-4-5-11-18(17)22-19/h1-5,7-8,10-11,16H,6,9,12-14H2/t16-,21?/m1/s1. The summed E-state index contributed by atoms with van der Waals surface area (Å²) in [4.78, 5) is 7.28. The average molecular weight is 308 g/mol. The summed E-state index contributed by atoms with van der Waals surface area (Å²) in [5.74, 6) is 0. The smallest absolute Gasteiger partial charge is 0.0938 e. The molecule has 0 radical (unpaired) electrons. The summed E-state index contributed by atoms with van der Waals surface area (Å²) in [7, 11) is 0. The first kappa shape index (κ1) is 13.9. The second-order valence-corrected chi connectivity index (χ2v) is 7.15. The number of fused-ring (bicyclic) bond motifs is 1. The number of hydrogen-bond donors (Lipinski definition) is 0. The van der Waals surface area contributed by atoms with E-state index in [1.807, 2.05) is 11.3 Å². The maximum atomic E-state index is 4.72. The fraction of sp³-hybridized carbons (Fsp3) is 0.316. The van der Waals surface area contributed by atoms with Crippen molar-refractivity contribution >= 4 is 21.6 Å². The number of aryl methyl sites for hydroxylation is 1. The molecule has 0 spiro atoms. The van der Waals surface area contributed by atoms with Crippen LogP contribution in [0.2, 0.25) is 0 Å². The second-order valence-electron chi connectivity index (χ2n) is 6.04. The zero-order valence-corrected chi connectivity index (χ0v) is 13.4. The van der Waals surface area contributed by atoms with Gasteiger partial charge in [-0.25, -0.2) is 4.98 Å². The molecule has 0 amide bonds. The van der Waals surface area contributed by atoms with Gasteiger partial charge < -0.3 is 0 Å².